The molecule has 0 aliphatic rings. The van der Waals surface area contributed by atoms with Crippen LogP contribution in [0.3, 0.4) is 0 Å². The van der Waals surface area contributed by atoms with Gasteiger partial charge in [-0.1, -0.05) is 12.1 Å². The van der Waals surface area contributed by atoms with Gasteiger partial charge in [0.05, 0.1) is 18.8 Å². The van der Waals surface area contributed by atoms with E-state index in [0.29, 0.717) is 0 Å². The molecule has 0 aliphatic carbocycles. The van der Waals surface area contributed by atoms with Crippen LogP contribution in [-0.2, 0) is 0 Å². The summed E-state index contributed by atoms with van der Waals surface area (Å²) in [5.41, 5.74) is 0.836. The lowest BCUT2D eigenvalue weighted by Gasteiger charge is -2.20. The highest BCUT2D eigenvalue weighted by molar-refractivity contribution is 7.17. The molecule has 0 fully saturated rings. The number of aliphatic hydroxyl groups is 2. The van der Waals surface area contributed by atoms with Crippen LogP contribution >= 0.6 is 11.3 Å². The number of thiophene rings is 1. The number of rotatable bonds is 4. The minimum Gasteiger partial charge on any atom is -0.395 e. The Hall–Kier alpha value is -0.940. The molecule has 1 heterocycles. The number of fused-ring (bicyclic) bond motifs is 1. The topological polar surface area (TPSA) is 52.5 Å². The van der Waals surface area contributed by atoms with Crippen molar-refractivity contribution in [3.05, 3.63) is 35.2 Å². The van der Waals surface area contributed by atoms with Gasteiger partial charge in [0.2, 0.25) is 0 Å². The molecule has 0 bridgehead atoms. The van der Waals surface area contributed by atoms with E-state index < -0.39 is 6.10 Å². The number of nitrogens with one attached hydrogen (secondary N) is 1. The minimum absolute atomic E-state index is 0.0832. The summed E-state index contributed by atoms with van der Waals surface area (Å²) < 4.78 is 1.16. The van der Waals surface area contributed by atoms with Gasteiger partial charge in [-0.15, -0.1) is 11.3 Å². The van der Waals surface area contributed by atoms with Gasteiger partial charge >= 0.3 is 0 Å². The lowest BCUT2D eigenvalue weighted by molar-refractivity contribution is 0.0943. The number of aliphatic hydroxyl groups excluding tert-OH is 2. The van der Waals surface area contributed by atoms with E-state index in [2.05, 4.69) is 11.4 Å². The van der Waals surface area contributed by atoms with Gasteiger partial charge in [0.25, 0.3) is 0 Å². The molecule has 0 aliphatic heterocycles. The third kappa shape index (κ3) is 2.10. The number of likely N-dealkylation sites (N-methyl/N-ethyl adjacent to an activating group) is 1. The van der Waals surface area contributed by atoms with Crippen molar-refractivity contribution in [3.63, 3.8) is 0 Å². The standard InChI is InChI=1S/C12H15NO2S/c1-13-10(7-14)12(15)9-3-2-8-4-5-16-11(8)6-9/h2-6,10,12-15H,7H2,1H3. The highest BCUT2D eigenvalue weighted by Gasteiger charge is 2.18. The van der Waals surface area contributed by atoms with Gasteiger partial charge in [-0.3, -0.25) is 0 Å². The van der Waals surface area contributed by atoms with E-state index in [1.54, 1.807) is 18.4 Å². The molecule has 2 unspecified atom stereocenters. The van der Waals surface area contributed by atoms with Gasteiger partial charge in [-0.2, -0.15) is 0 Å². The minimum atomic E-state index is -0.679. The SMILES string of the molecule is CNC(CO)C(O)c1ccc2ccsc2c1. The molecular formula is C12H15NO2S. The van der Waals surface area contributed by atoms with E-state index >= 15 is 0 Å². The predicted octanol–water partition coefficient (Wildman–Crippen LogP) is 1.51. The van der Waals surface area contributed by atoms with Crippen LogP contribution in [0, 0.1) is 0 Å². The summed E-state index contributed by atoms with van der Waals surface area (Å²) in [7, 11) is 1.73. The van der Waals surface area contributed by atoms with Crippen LogP contribution in [0.1, 0.15) is 11.7 Å². The molecule has 0 saturated heterocycles. The average molecular weight is 237 g/mol. The van der Waals surface area contributed by atoms with Crippen LogP contribution < -0.4 is 5.32 Å². The fraction of sp³-hybridized carbons (Fsp3) is 0.333. The highest BCUT2D eigenvalue weighted by Crippen LogP contribution is 2.26. The van der Waals surface area contributed by atoms with Crippen LogP contribution in [0.25, 0.3) is 10.1 Å². The second-order valence-corrected chi connectivity index (χ2v) is 4.69. The molecule has 0 saturated carbocycles. The molecule has 0 spiro atoms. The lowest BCUT2D eigenvalue weighted by atomic mass is 10.0. The van der Waals surface area contributed by atoms with E-state index in [-0.39, 0.29) is 12.6 Å². The van der Waals surface area contributed by atoms with Crippen LogP contribution in [0.5, 0.6) is 0 Å². The lowest BCUT2D eigenvalue weighted by Crippen LogP contribution is -2.35. The first-order chi connectivity index (χ1) is 7.76. The second-order valence-electron chi connectivity index (χ2n) is 3.74. The zero-order chi connectivity index (χ0) is 11.5. The Morgan fingerprint density at radius 1 is 1.38 bits per heavy atom. The summed E-state index contributed by atoms with van der Waals surface area (Å²) in [4.78, 5) is 0. The Kier molecular flexibility index (Phi) is 3.56. The molecular weight excluding hydrogens is 222 g/mol. The van der Waals surface area contributed by atoms with Crippen LogP contribution in [0.2, 0.25) is 0 Å². The zero-order valence-corrected chi connectivity index (χ0v) is 9.87. The first-order valence-electron chi connectivity index (χ1n) is 5.19. The van der Waals surface area contributed by atoms with Crippen molar-refractivity contribution in [3.8, 4) is 0 Å². The zero-order valence-electron chi connectivity index (χ0n) is 9.05. The van der Waals surface area contributed by atoms with Crippen LogP contribution in [0.4, 0.5) is 0 Å². The van der Waals surface area contributed by atoms with Crippen molar-refractivity contribution in [2.45, 2.75) is 12.1 Å². The van der Waals surface area contributed by atoms with Gasteiger partial charge in [0.1, 0.15) is 0 Å². The monoisotopic (exact) mass is 237 g/mol. The van der Waals surface area contributed by atoms with Crippen molar-refractivity contribution < 1.29 is 10.2 Å². The summed E-state index contributed by atoms with van der Waals surface area (Å²) >= 11 is 1.65. The molecule has 1 aromatic carbocycles. The third-order valence-corrected chi connectivity index (χ3v) is 3.65. The molecule has 2 rings (SSSR count). The maximum atomic E-state index is 10.1. The Labute approximate surface area is 98.4 Å². The predicted molar refractivity (Wildman–Crippen MR) is 66.7 cm³/mol. The highest BCUT2D eigenvalue weighted by atomic mass is 32.1. The Morgan fingerprint density at radius 2 is 2.19 bits per heavy atom. The molecule has 2 atom stereocenters. The van der Waals surface area contributed by atoms with Gasteiger partial charge in [0, 0.05) is 4.70 Å². The third-order valence-electron chi connectivity index (χ3n) is 2.77. The van der Waals surface area contributed by atoms with E-state index in [4.69, 9.17) is 5.11 Å². The molecule has 0 radical (unpaired) electrons. The fourth-order valence-corrected chi connectivity index (χ4v) is 2.57. The second kappa shape index (κ2) is 4.93. The van der Waals surface area contributed by atoms with Crippen molar-refractivity contribution in [1.29, 1.82) is 0 Å². The Morgan fingerprint density at radius 3 is 2.88 bits per heavy atom. The quantitative estimate of drug-likeness (QED) is 0.755. The molecule has 2 aromatic rings. The summed E-state index contributed by atoms with van der Waals surface area (Å²) in [6.07, 6.45) is -0.679. The fourth-order valence-electron chi connectivity index (χ4n) is 1.74. The van der Waals surface area contributed by atoms with Crippen molar-refractivity contribution in [2.75, 3.05) is 13.7 Å². The summed E-state index contributed by atoms with van der Waals surface area (Å²) in [5.74, 6) is 0. The molecule has 1 aromatic heterocycles. The van der Waals surface area contributed by atoms with E-state index in [9.17, 15) is 5.11 Å². The number of benzene rings is 1. The van der Waals surface area contributed by atoms with Crippen LogP contribution in [-0.4, -0.2) is 29.9 Å². The van der Waals surface area contributed by atoms with Crippen molar-refractivity contribution in [1.82, 2.24) is 5.32 Å². The smallest absolute Gasteiger partial charge is 0.0965 e. The normalized spacial score (nSPS) is 15.2. The van der Waals surface area contributed by atoms with E-state index in [1.807, 2.05) is 23.6 Å². The first-order valence-corrected chi connectivity index (χ1v) is 6.07. The summed E-state index contributed by atoms with van der Waals surface area (Å²) in [6, 6.07) is 7.61. The molecule has 3 nitrogen and oxygen atoms in total. The van der Waals surface area contributed by atoms with E-state index in [0.717, 1.165) is 10.3 Å². The number of hydrogen-bond acceptors (Lipinski definition) is 4. The van der Waals surface area contributed by atoms with Crippen molar-refractivity contribution >= 4 is 21.4 Å². The molecule has 0 amide bonds. The molecule has 86 valence electrons. The molecule has 16 heavy (non-hydrogen) atoms. The maximum absolute atomic E-state index is 10.1. The first kappa shape index (κ1) is 11.5. The van der Waals surface area contributed by atoms with Gasteiger partial charge in [-0.25, -0.2) is 0 Å². The van der Waals surface area contributed by atoms with Gasteiger partial charge in [0.15, 0.2) is 0 Å². The largest absolute Gasteiger partial charge is 0.395 e. The Balaban J connectivity index is 2.31. The molecule has 3 N–H and O–H groups in total. The maximum Gasteiger partial charge on any atom is 0.0965 e. The van der Waals surface area contributed by atoms with Crippen molar-refractivity contribution in [2.24, 2.45) is 0 Å². The van der Waals surface area contributed by atoms with Gasteiger partial charge < -0.3 is 15.5 Å². The average Bonchev–Trinajstić information content (AvgIpc) is 2.77. The van der Waals surface area contributed by atoms with Crippen LogP contribution in [0.15, 0.2) is 29.6 Å². The number of hydrogen-bond donors (Lipinski definition) is 3. The summed E-state index contributed by atoms with van der Waals surface area (Å²) in [6.45, 7) is -0.0832. The molecule has 4 heteroatoms. The Bertz CT molecular complexity index is 465. The van der Waals surface area contributed by atoms with E-state index in [1.165, 1.54) is 5.39 Å². The van der Waals surface area contributed by atoms with Gasteiger partial charge in [-0.05, 0) is 35.5 Å². The summed E-state index contributed by atoms with van der Waals surface area (Å²) in [5, 5.41) is 25.3.